The number of benzene rings is 2. The SMILES string of the molecule is Cc1ccc(CNC(=O)C2CCCN(c3ncnc4nn(-c5ccc(C)cc5)cc34)C2)cc1. The quantitative estimate of drug-likeness (QED) is 0.508. The third-order valence-electron chi connectivity index (χ3n) is 6.27. The molecule has 7 nitrogen and oxygen atoms in total. The number of rotatable bonds is 5. The molecule has 1 fully saturated rings. The molecule has 7 heteroatoms. The van der Waals surface area contributed by atoms with Gasteiger partial charge in [0.1, 0.15) is 12.1 Å². The molecule has 0 bridgehead atoms. The maximum atomic E-state index is 12.9. The van der Waals surface area contributed by atoms with Crippen LogP contribution in [0.5, 0.6) is 0 Å². The molecular weight excluding hydrogens is 412 g/mol. The standard InChI is InChI=1S/C26H28N6O/c1-18-5-9-20(10-6-18)14-27-26(33)21-4-3-13-31(15-21)25-23-16-32(30-24(23)28-17-29-25)22-11-7-19(2)8-12-22/h5-12,16-17,21H,3-4,13-15H2,1-2H3,(H,27,33). The van der Waals surface area contributed by atoms with Crippen LogP contribution < -0.4 is 10.2 Å². The Morgan fingerprint density at radius 2 is 1.76 bits per heavy atom. The molecule has 2 aromatic carbocycles. The van der Waals surface area contributed by atoms with Crippen LogP contribution in [0, 0.1) is 19.8 Å². The maximum Gasteiger partial charge on any atom is 0.225 e. The molecule has 0 radical (unpaired) electrons. The van der Waals surface area contributed by atoms with Gasteiger partial charge in [0.2, 0.25) is 5.91 Å². The van der Waals surface area contributed by atoms with Crippen molar-refractivity contribution < 1.29 is 4.79 Å². The lowest BCUT2D eigenvalue weighted by Crippen LogP contribution is -2.43. The Balaban J connectivity index is 1.32. The lowest BCUT2D eigenvalue weighted by molar-refractivity contribution is -0.125. The van der Waals surface area contributed by atoms with E-state index >= 15 is 0 Å². The second-order valence-corrected chi connectivity index (χ2v) is 8.83. The summed E-state index contributed by atoms with van der Waals surface area (Å²) in [5.41, 5.74) is 5.18. The Morgan fingerprint density at radius 3 is 2.52 bits per heavy atom. The van der Waals surface area contributed by atoms with E-state index in [1.54, 1.807) is 6.33 Å². The van der Waals surface area contributed by atoms with E-state index in [9.17, 15) is 4.79 Å². The number of piperidine rings is 1. The summed E-state index contributed by atoms with van der Waals surface area (Å²) in [5, 5.41) is 8.67. The minimum absolute atomic E-state index is 0.0682. The second-order valence-electron chi connectivity index (χ2n) is 8.83. The molecule has 3 heterocycles. The summed E-state index contributed by atoms with van der Waals surface area (Å²) in [4.78, 5) is 24.1. The van der Waals surface area contributed by atoms with Gasteiger partial charge in [-0.2, -0.15) is 0 Å². The first-order valence-electron chi connectivity index (χ1n) is 11.4. The molecule has 1 N–H and O–H groups in total. The molecule has 1 amide bonds. The molecule has 1 unspecified atom stereocenters. The first-order chi connectivity index (χ1) is 16.1. The number of hydrogen-bond acceptors (Lipinski definition) is 5. The molecule has 0 aliphatic carbocycles. The van der Waals surface area contributed by atoms with Gasteiger partial charge in [0.15, 0.2) is 5.65 Å². The van der Waals surface area contributed by atoms with Crippen LogP contribution in [0.3, 0.4) is 0 Å². The van der Waals surface area contributed by atoms with Crippen molar-refractivity contribution in [1.29, 1.82) is 0 Å². The zero-order valence-corrected chi connectivity index (χ0v) is 19.0. The van der Waals surface area contributed by atoms with Gasteiger partial charge in [-0.05, 0) is 44.4 Å². The maximum absolute atomic E-state index is 12.9. The Labute approximate surface area is 193 Å². The summed E-state index contributed by atoms with van der Waals surface area (Å²) in [7, 11) is 0. The van der Waals surface area contributed by atoms with Gasteiger partial charge in [-0.1, -0.05) is 47.5 Å². The predicted octanol–water partition coefficient (Wildman–Crippen LogP) is 3.97. The summed E-state index contributed by atoms with van der Waals surface area (Å²) < 4.78 is 1.85. The molecule has 0 spiro atoms. The first kappa shape index (κ1) is 21.1. The van der Waals surface area contributed by atoms with E-state index in [0.717, 1.165) is 41.8 Å². The van der Waals surface area contributed by atoms with Gasteiger partial charge in [0.25, 0.3) is 0 Å². The molecule has 1 aliphatic heterocycles. The summed E-state index contributed by atoms with van der Waals surface area (Å²) in [6.45, 7) is 6.19. The summed E-state index contributed by atoms with van der Waals surface area (Å²) in [5.74, 6) is 0.872. The number of aromatic nitrogens is 4. The number of amides is 1. The third kappa shape index (κ3) is 4.58. The third-order valence-corrected chi connectivity index (χ3v) is 6.27. The highest BCUT2D eigenvalue weighted by Gasteiger charge is 2.28. The van der Waals surface area contributed by atoms with Gasteiger partial charge in [-0.25, -0.2) is 14.6 Å². The van der Waals surface area contributed by atoms with Crippen LogP contribution in [-0.2, 0) is 11.3 Å². The van der Waals surface area contributed by atoms with Gasteiger partial charge in [0.05, 0.1) is 17.0 Å². The fraction of sp³-hybridized carbons (Fsp3) is 0.308. The van der Waals surface area contributed by atoms with Crippen molar-refractivity contribution >= 4 is 22.8 Å². The van der Waals surface area contributed by atoms with Gasteiger partial charge in [-0.15, -0.1) is 5.10 Å². The zero-order valence-electron chi connectivity index (χ0n) is 19.0. The van der Waals surface area contributed by atoms with Gasteiger partial charge in [0, 0.05) is 25.8 Å². The zero-order chi connectivity index (χ0) is 22.8. The minimum atomic E-state index is -0.0682. The molecule has 0 saturated carbocycles. The average molecular weight is 441 g/mol. The second kappa shape index (κ2) is 9.02. The van der Waals surface area contributed by atoms with Crippen LogP contribution in [0.15, 0.2) is 61.1 Å². The number of nitrogens with one attached hydrogen (secondary N) is 1. The smallest absolute Gasteiger partial charge is 0.225 e. The van der Waals surface area contributed by atoms with E-state index in [-0.39, 0.29) is 11.8 Å². The normalized spacial score (nSPS) is 16.2. The molecule has 2 aromatic heterocycles. The molecule has 4 aromatic rings. The molecule has 1 atom stereocenters. The Kier molecular flexibility index (Phi) is 5.77. The average Bonchev–Trinajstić information content (AvgIpc) is 3.28. The minimum Gasteiger partial charge on any atom is -0.355 e. The first-order valence-corrected chi connectivity index (χ1v) is 11.4. The van der Waals surface area contributed by atoms with E-state index in [4.69, 9.17) is 0 Å². The van der Waals surface area contributed by atoms with Crippen LogP contribution in [0.2, 0.25) is 0 Å². The van der Waals surface area contributed by atoms with E-state index < -0.39 is 0 Å². The highest BCUT2D eigenvalue weighted by atomic mass is 16.1. The highest BCUT2D eigenvalue weighted by Crippen LogP contribution is 2.28. The molecule has 1 aliphatic rings. The topological polar surface area (TPSA) is 75.9 Å². The molecule has 1 saturated heterocycles. The van der Waals surface area contributed by atoms with Gasteiger partial charge in [-0.3, -0.25) is 4.79 Å². The van der Waals surface area contributed by atoms with Crippen molar-refractivity contribution in [3.8, 4) is 5.69 Å². The van der Waals surface area contributed by atoms with Crippen molar-refractivity contribution in [3.05, 3.63) is 77.7 Å². The molecular formula is C26H28N6O. The lowest BCUT2D eigenvalue weighted by Gasteiger charge is -2.33. The molecule has 33 heavy (non-hydrogen) atoms. The number of hydrogen-bond donors (Lipinski definition) is 1. The van der Waals surface area contributed by atoms with Crippen LogP contribution in [0.4, 0.5) is 5.82 Å². The van der Waals surface area contributed by atoms with E-state index in [0.29, 0.717) is 18.7 Å². The van der Waals surface area contributed by atoms with Crippen LogP contribution in [-0.4, -0.2) is 38.7 Å². The van der Waals surface area contributed by atoms with Crippen molar-refractivity contribution in [2.24, 2.45) is 5.92 Å². The lowest BCUT2D eigenvalue weighted by atomic mass is 9.97. The Bertz CT molecular complexity index is 1260. The van der Waals surface area contributed by atoms with Crippen molar-refractivity contribution in [2.75, 3.05) is 18.0 Å². The summed E-state index contributed by atoms with van der Waals surface area (Å²) >= 11 is 0. The molecule has 5 rings (SSSR count). The summed E-state index contributed by atoms with van der Waals surface area (Å²) in [6.07, 6.45) is 5.37. The highest BCUT2D eigenvalue weighted by molar-refractivity contribution is 5.87. The van der Waals surface area contributed by atoms with Crippen molar-refractivity contribution in [2.45, 2.75) is 33.2 Å². The summed E-state index contributed by atoms with van der Waals surface area (Å²) in [6, 6.07) is 16.5. The largest absolute Gasteiger partial charge is 0.355 e. The van der Waals surface area contributed by atoms with Crippen molar-refractivity contribution in [3.63, 3.8) is 0 Å². The Morgan fingerprint density at radius 1 is 1.03 bits per heavy atom. The van der Waals surface area contributed by atoms with Crippen LogP contribution in [0.1, 0.15) is 29.5 Å². The van der Waals surface area contributed by atoms with Crippen molar-refractivity contribution in [1.82, 2.24) is 25.1 Å². The molecule has 168 valence electrons. The van der Waals surface area contributed by atoms with Crippen LogP contribution in [0.25, 0.3) is 16.7 Å². The fourth-order valence-electron chi connectivity index (χ4n) is 4.33. The number of carbonyl (C=O) groups is 1. The number of carbonyl (C=O) groups excluding carboxylic acids is 1. The van der Waals surface area contributed by atoms with Gasteiger partial charge >= 0.3 is 0 Å². The number of aryl methyl sites for hydroxylation is 2. The predicted molar refractivity (Wildman–Crippen MR) is 129 cm³/mol. The van der Waals surface area contributed by atoms with E-state index in [1.165, 1.54) is 11.1 Å². The monoisotopic (exact) mass is 440 g/mol. The number of fused-ring (bicyclic) bond motifs is 1. The van der Waals surface area contributed by atoms with Gasteiger partial charge < -0.3 is 10.2 Å². The number of nitrogens with zero attached hydrogens (tertiary/aromatic N) is 5. The van der Waals surface area contributed by atoms with E-state index in [1.807, 2.05) is 23.0 Å². The van der Waals surface area contributed by atoms with Crippen LogP contribution >= 0.6 is 0 Å². The number of anilines is 1. The fourth-order valence-corrected chi connectivity index (χ4v) is 4.33. The Hall–Kier alpha value is -3.74. The van der Waals surface area contributed by atoms with E-state index in [2.05, 4.69) is 75.5 Å².